The van der Waals surface area contributed by atoms with Crippen LogP contribution in [0.2, 0.25) is 0 Å². The number of nitrogens with zero attached hydrogens (tertiary/aromatic N) is 2. The zero-order valence-corrected chi connectivity index (χ0v) is 15.0. The van der Waals surface area contributed by atoms with Crippen molar-refractivity contribution in [3.8, 4) is 0 Å². The van der Waals surface area contributed by atoms with E-state index in [4.69, 9.17) is 0 Å². The number of benzene rings is 1. The quantitative estimate of drug-likeness (QED) is 0.836. The molecular formula is C17H28N2O2S. The molecule has 5 heteroatoms. The molecule has 0 spiro atoms. The SMILES string of the molecule is Cc1cccc(N2CCN(S(=O)(=O)CCC(C)C)CC2)c1C. The van der Waals surface area contributed by atoms with Gasteiger partial charge >= 0.3 is 0 Å². The molecule has 1 saturated heterocycles. The summed E-state index contributed by atoms with van der Waals surface area (Å²) in [6.07, 6.45) is 0.736. The molecule has 0 aliphatic carbocycles. The van der Waals surface area contributed by atoms with E-state index in [0.29, 0.717) is 19.0 Å². The number of piperazine rings is 1. The van der Waals surface area contributed by atoms with E-state index in [2.05, 4.69) is 50.8 Å². The Bertz CT molecular complexity index is 603. The lowest BCUT2D eigenvalue weighted by molar-refractivity contribution is 0.382. The Morgan fingerprint density at radius 1 is 1.09 bits per heavy atom. The van der Waals surface area contributed by atoms with Gasteiger partial charge in [-0.1, -0.05) is 26.0 Å². The van der Waals surface area contributed by atoms with Crippen molar-refractivity contribution in [1.29, 1.82) is 0 Å². The Hall–Kier alpha value is -1.07. The average Bonchev–Trinajstić information content (AvgIpc) is 2.48. The van der Waals surface area contributed by atoms with Gasteiger partial charge in [-0.25, -0.2) is 8.42 Å². The highest BCUT2D eigenvalue weighted by Gasteiger charge is 2.27. The standard InChI is InChI=1S/C17H28N2O2S/c1-14(2)8-13-22(20,21)19-11-9-18(10-12-19)17-7-5-6-15(3)16(17)4/h5-7,14H,8-13H2,1-4H3. The molecule has 1 aromatic carbocycles. The summed E-state index contributed by atoms with van der Waals surface area (Å²) in [5.41, 5.74) is 3.81. The Morgan fingerprint density at radius 2 is 1.73 bits per heavy atom. The van der Waals surface area contributed by atoms with Crippen LogP contribution in [0, 0.1) is 19.8 Å². The van der Waals surface area contributed by atoms with E-state index in [9.17, 15) is 8.42 Å². The van der Waals surface area contributed by atoms with Crippen molar-refractivity contribution < 1.29 is 8.42 Å². The maximum Gasteiger partial charge on any atom is 0.214 e. The normalized spacial score (nSPS) is 17.2. The van der Waals surface area contributed by atoms with Crippen LogP contribution in [0.4, 0.5) is 5.69 Å². The van der Waals surface area contributed by atoms with Crippen LogP contribution in [-0.2, 0) is 10.0 Å². The molecule has 0 atom stereocenters. The molecule has 0 amide bonds. The lowest BCUT2D eigenvalue weighted by atomic mass is 10.1. The fraction of sp³-hybridized carbons (Fsp3) is 0.647. The highest BCUT2D eigenvalue weighted by Crippen LogP contribution is 2.24. The third kappa shape index (κ3) is 4.02. The first-order chi connectivity index (χ1) is 10.3. The summed E-state index contributed by atoms with van der Waals surface area (Å²) >= 11 is 0. The molecule has 124 valence electrons. The number of sulfonamides is 1. The highest BCUT2D eigenvalue weighted by molar-refractivity contribution is 7.89. The predicted molar refractivity (Wildman–Crippen MR) is 92.9 cm³/mol. The second kappa shape index (κ2) is 7.01. The Balaban J connectivity index is 2.00. The van der Waals surface area contributed by atoms with Gasteiger partial charge in [-0.15, -0.1) is 0 Å². The molecule has 0 saturated carbocycles. The summed E-state index contributed by atoms with van der Waals surface area (Å²) in [5, 5.41) is 0. The van der Waals surface area contributed by atoms with Gasteiger partial charge in [0.1, 0.15) is 0 Å². The van der Waals surface area contributed by atoms with Gasteiger partial charge in [-0.3, -0.25) is 0 Å². The van der Waals surface area contributed by atoms with Crippen molar-refractivity contribution in [2.75, 3.05) is 36.8 Å². The van der Waals surface area contributed by atoms with Gasteiger partial charge in [0, 0.05) is 31.9 Å². The largest absolute Gasteiger partial charge is 0.369 e. The third-order valence-corrected chi connectivity index (χ3v) is 6.41. The maximum atomic E-state index is 12.4. The number of hydrogen-bond donors (Lipinski definition) is 0. The molecule has 2 rings (SSSR count). The minimum Gasteiger partial charge on any atom is -0.369 e. The van der Waals surface area contributed by atoms with Crippen molar-refractivity contribution in [1.82, 2.24) is 4.31 Å². The zero-order valence-electron chi connectivity index (χ0n) is 14.2. The molecular weight excluding hydrogens is 296 g/mol. The van der Waals surface area contributed by atoms with E-state index in [1.807, 2.05) is 0 Å². The Morgan fingerprint density at radius 3 is 2.32 bits per heavy atom. The first kappa shape index (κ1) is 17.3. The summed E-state index contributed by atoms with van der Waals surface area (Å²) in [6, 6.07) is 6.32. The van der Waals surface area contributed by atoms with Gasteiger partial charge in [0.2, 0.25) is 10.0 Å². The Labute approximate surface area is 135 Å². The maximum absolute atomic E-state index is 12.4. The summed E-state index contributed by atoms with van der Waals surface area (Å²) < 4.78 is 26.4. The average molecular weight is 324 g/mol. The van der Waals surface area contributed by atoms with Crippen LogP contribution >= 0.6 is 0 Å². The van der Waals surface area contributed by atoms with Crippen molar-refractivity contribution in [2.24, 2.45) is 5.92 Å². The minimum absolute atomic E-state index is 0.272. The highest BCUT2D eigenvalue weighted by atomic mass is 32.2. The van der Waals surface area contributed by atoms with E-state index in [-0.39, 0.29) is 5.75 Å². The molecule has 1 fully saturated rings. The van der Waals surface area contributed by atoms with Crippen molar-refractivity contribution in [2.45, 2.75) is 34.1 Å². The molecule has 0 radical (unpaired) electrons. The zero-order chi connectivity index (χ0) is 16.3. The Kier molecular flexibility index (Phi) is 5.50. The fourth-order valence-corrected chi connectivity index (χ4v) is 4.55. The molecule has 22 heavy (non-hydrogen) atoms. The number of rotatable bonds is 5. The van der Waals surface area contributed by atoms with Crippen LogP contribution in [0.25, 0.3) is 0 Å². The molecule has 0 unspecified atom stereocenters. The van der Waals surface area contributed by atoms with Gasteiger partial charge in [-0.05, 0) is 43.4 Å². The van der Waals surface area contributed by atoms with Crippen LogP contribution in [0.15, 0.2) is 18.2 Å². The topological polar surface area (TPSA) is 40.6 Å². The van der Waals surface area contributed by atoms with Crippen molar-refractivity contribution in [3.63, 3.8) is 0 Å². The molecule has 1 aromatic rings. The number of hydrogen-bond acceptors (Lipinski definition) is 3. The first-order valence-corrected chi connectivity index (χ1v) is 9.71. The smallest absolute Gasteiger partial charge is 0.214 e. The molecule has 0 bridgehead atoms. The van der Waals surface area contributed by atoms with E-state index in [0.717, 1.165) is 19.5 Å². The van der Waals surface area contributed by atoms with Crippen LogP contribution in [0.5, 0.6) is 0 Å². The third-order valence-electron chi connectivity index (χ3n) is 4.50. The molecule has 0 N–H and O–H groups in total. The summed E-state index contributed by atoms with van der Waals surface area (Å²) in [5.74, 6) is 0.694. The summed E-state index contributed by atoms with van der Waals surface area (Å²) in [4.78, 5) is 2.30. The van der Waals surface area contributed by atoms with E-state index < -0.39 is 10.0 Å². The second-order valence-corrected chi connectivity index (χ2v) is 8.69. The molecule has 0 aromatic heterocycles. The second-order valence-electron chi connectivity index (χ2n) is 6.60. The lowest BCUT2D eigenvalue weighted by Gasteiger charge is -2.36. The fourth-order valence-electron chi connectivity index (χ4n) is 2.80. The molecule has 1 aliphatic heterocycles. The summed E-state index contributed by atoms with van der Waals surface area (Å²) in [6.45, 7) is 11.1. The molecule has 4 nitrogen and oxygen atoms in total. The minimum atomic E-state index is -3.10. The monoisotopic (exact) mass is 324 g/mol. The van der Waals surface area contributed by atoms with Crippen LogP contribution in [0.3, 0.4) is 0 Å². The van der Waals surface area contributed by atoms with E-state index >= 15 is 0 Å². The molecule has 1 heterocycles. The van der Waals surface area contributed by atoms with Gasteiger partial charge in [-0.2, -0.15) is 4.31 Å². The number of anilines is 1. The lowest BCUT2D eigenvalue weighted by Crippen LogP contribution is -2.49. The predicted octanol–water partition coefficient (Wildman–Crippen LogP) is 2.80. The van der Waals surface area contributed by atoms with Gasteiger partial charge in [0.05, 0.1) is 5.75 Å². The van der Waals surface area contributed by atoms with Gasteiger partial charge < -0.3 is 4.90 Å². The van der Waals surface area contributed by atoms with Crippen LogP contribution in [0.1, 0.15) is 31.4 Å². The van der Waals surface area contributed by atoms with Crippen molar-refractivity contribution >= 4 is 15.7 Å². The van der Waals surface area contributed by atoms with Crippen molar-refractivity contribution in [3.05, 3.63) is 29.3 Å². The summed E-state index contributed by atoms with van der Waals surface area (Å²) in [7, 11) is -3.10. The first-order valence-electron chi connectivity index (χ1n) is 8.10. The van der Waals surface area contributed by atoms with E-state index in [1.165, 1.54) is 16.8 Å². The van der Waals surface area contributed by atoms with Crippen LogP contribution < -0.4 is 4.90 Å². The van der Waals surface area contributed by atoms with Gasteiger partial charge in [0.25, 0.3) is 0 Å². The number of aryl methyl sites for hydroxylation is 1. The van der Waals surface area contributed by atoms with Crippen LogP contribution in [-0.4, -0.2) is 44.7 Å². The van der Waals surface area contributed by atoms with E-state index in [1.54, 1.807) is 4.31 Å². The van der Waals surface area contributed by atoms with Gasteiger partial charge in [0.15, 0.2) is 0 Å². The molecule has 1 aliphatic rings.